The molecule has 1 heterocycles. The molecule has 0 radical (unpaired) electrons. The van der Waals surface area contributed by atoms with E-state index in [4.69, 9.17) is 0 Å². The molecule has 4 nitrogen and oxygen atoms in total. The van der Waals surface area contributed by atoms with Crippen LogP contribution < -0.4 is 5.32 Å². The van der Waals surface area contributed by atoms with Gasteiger partial charge in [0, 0.05) is 31.5 Å². The van der Waals surface area contributed by atoms with E-state index in [0.29, 0.717) is 43.9 Å². The summed E-state index contributed by atoms with van der Waals surface area (Å²) in [4.78, 5) is 26.9. The molecule has 1 saturated carbocycles. The van der Waals surface area contributed by atoms with Gasteiger partial charge in [-0.05, 0) is 49.8 Å². The molecule has 0 aromatic heterocycles. The lowest BCUT2D eigenvalue weighted by molar-refractivity contribution is -0.140. The summed E-state index contributed by atoms with van der Waals surface area (Å²) in [6.07, 6.45) is 7.04. The van der Waals surface area contributed by atoms with Gasteiger partial charge in [-0.15, -0.1) is 0 Å². The highest BCUT2D eigenvalue weighted by molar-refractivity contribution is 5.81. The minimum Gasteiger partial charge on any atom is -0.352 e. The Labute approximate surface area is 155 Å². The zero-order valence-corrected chi connectivity index (χ0v) is 15.6. The summed E-state index contributed by atoms with van der Waals surface area (Å²) < 4.78 is 13.6. The van der Waals surface area contributed by atoms with Crippen LogP contribution in [0.5, 0.6) is 0 Å². The number of nitrogens with one attached hydrogen (secondary N) is 1. The third-order valence-corrected chi connectivity index (χ3v) is 5.83. The summed E-state index contributed by atoms with van der Waals surface area (Å²) >= 11 is 0. The second-order valence-electron chi connectivity index (χ2n) is 7.74. The molecule has 0 bridgehead atoms. The Kier molecular flexibility index (Phi) is 6.28. The molecule has 1 saturated heterocycles. The zero-order chi connectivity index (χ0) is 18.5. The van der Waals surface area contributed by atoms with Gasteiger partial charge < -0.3 is 10.2 Å². The summed E-state index contributed by atoms with van der Waals surface area (Å²) in [5.41, 5.74) is 1.38. The standard InChI is InChI=1S/C21H29FN2O2/c1-15-7-8-16(13-19(15)22)14-23-20(25)17-9-11-24(12-10-17)21(26)18-5-3-2-4-6-18/h7-8,13,17-18H,2-6,9-12,14H2,1H3,(H,23,25). The van der Waals surface area contributed by atoms with Crippen LogP contribution in [0.3, 0.4) is 0 Å². The van der Waals surface area contributed by atoms with Crippen molar-refractivity contribution in [2.75, 3.05) is 13.1 Å². The third-order valence-electron chi connectivity index (χ3n) is 5.83. The van der Waals surface area contributed by atoms with E-state index >= 15 is 0 Å². The molecule has 0 atom stereocenters. The van der Waals surface area contributed by atoms with Gasteiger partial charge in [-0.3, -0.25) is 9.59 Å². The quantitative estimate of drug-likeness (QED) is 0.892. The van der Waals surface area contributed by atoms with Crippen molar-refractivity contribution >= 4 is 11.8 Å². The first kappa shape index (κ1) is 18.9. The first-order valence-corrected chi connectivity index (χ1v) is 9.86. The molecular formula is C21H29FN2O2. The average molecular weight is 360 g/mol. The monoisotopic (exact) mass is 360 g/mol. The largest absolute Gasteiger partial charge is 0.352 e. The van der Waals surface area contributed by atoms with Crippen LogP contribution in [0, 0.1) is 24.6 Å². The molecule has 1 aliphatic carbocycles. The Morgan fingerprint density at radius 3 is 2.42 bits per heavy atom. The first-order chi connectivity index (χ1) is 12.5. The molecule has 0 spiro atoms. The second-order valence-corrected chi connectivity index (χ2v) is 7.74. The number of aryl methyl sites for hydroxylation is 1. The number of carbonyl (C=O) groups is 2. The number of piperidine rings is 1. The van der Waals surface area contributed by atoms with Crippen molar-refractivity contribution < 1.29 is 14.0 Å². The van der Waals surface area contributed by atoms with Crippen LogP contribution in [-0.2, 0) is 16.1 Å². The normalized spacial score (nSPS) is 19.4. The van der Waals surface area contributed by atoms with Gasteiger partial charge >= 0.3 is 0 Å². The van der Waals surface area contributed by atoms with Crippen LogP contribution >= 0.6 is 0 Å². The average Bonchev–Trinajstić information content (AvgIpc) is 2.69. The second kappa shape index (κ2) is 8.65. The molecule has 2 fully saturated rings. The number of halogens is 1. The van der Waals surface area contributed by atoms with Crippen LogP contribution in [-0.4, -0.2) is 29.8 Å². The molecule has 1 aromatic rings. The highest BCUT2D eigenvalue weighted by Gasteiger charge is 2.31. The molecule has 2 aliphatic rings. The fraction of sp³-hybridized carbons (Fsp3) is 0.619. The zero-order valence-electron chi connectivity index (χ0n) is 15.6. The number of carbonyl (C=O) groups excluding carboxylic acids is 2. The van der Waals surface area contributed by atoms with Gasteiger partial charge in [-0.1, -0.05) is 31.4 Å². The smallest absolute Gasteiger partial charge is 0.225 e. The SMILES string of the molecule is Cc1ccc(CNC(=O)C2CCN(C(=O)C3CCCCC3)CC2)cc1F. The lowest BCUT2D eigenvalue weighted by Crippen LogP contribution is -2.45. The lowest BCUT2D eigenvalue weighted by Gasteiger charge is -2.34. The molecule has 1 aromatic carbocycles. The number of nitrogens with zero attached hydrogens (tertiary/aromatic N) is 1. The van der Waals surface area contributed by atoms with Crippen LogP contribution in [0.25, 0.3) is 0 Å². The highest BCUT2D eigenvalue weighted by atomic mass is 19.1. The van der Waals surface area contributed by atoms with Gasteiger partial charge in [0.2, 0.25) is 11.8 Å². The fourth-order valence-corrected chi connectivity index (χ4v) is 4.05. The Morgan fingerprint density at radius 2 is 1.77 bits per heavy atom. The molecule has 0 unspecified atom stereocenters. The summed E-state index contributed by atoms with van der Waals surface area (Å²) in [5.74, 6) is 0.201. The van der Waals surface area contributed by atoms with Gasteiger partial charge in [0.1, 0.15) is 5.82 Å². The Morgan fingerprint density at radius 1 is 1.08 bits per heavy atom. The third kappa shape index (κ3) is 4.63. The van der Waals surface area contributed by atoms with Crippen molar-refractivity contribution in [2.45, 2.75) is 58.4 Å². The molecule has 3 rings (SSSR count). The predicted molar refractivity (Wildman–Crippen MR) is 98.9 cm³/mol. The number of likely N-dealkylation sites (tertiary alicyclic amines) is 1. The Hall–Kier alpha value is -1.91. The minimum absolute atomic E-state index is 0.00995. The maximum atomic E-state index is 13.6. The fourth-order valence-electron chi connectivity index (χ4n) is 4.05. The van der Waals surface area contributed by atoms with Crippen LogP contribution in [0.1, 0.15) is 56.1 Å². The van der Waals surface area contributed by atoms with E-state index in [0.717, 1.165) is 31.2 Å². The maximum absolute atomic E-state index is 13.6. The molecule has 142 valence electrons. The van der Waals surface area contributed by atoms with Crippen molar-refractivity contribution in [3.8, 4) is 0 Å². The summed E-state index contributed by atoms with van der Waals surface area (Å²) in [5, 5.41) is 2.91. The predicted octanol–water partition coefficient (Wildman–Crippen LogP) is 3.57. The number of amides is 2. The van der Waals surface area contributed by atoms with Crippen LogP contribution in [0.2, 0.25) is 0 Å². The summed E-state index contributed by atoms with van der Waals surface area (Å²) in [6.45, 7) is 3.41. The highest BCUT2D eigenvalue weighted by Crippen LogP contribution is 2.27. The topological polar surface area (TPSA) is 49.4 Å². The summed E-state index contributed by atoms with van der Waals surface area (Å²) in [7, 11) is 0. The molecule has 26 heavy (non-hydrogen) atoms. The Bertz CT molecular complexity index is 647. The van der Waals surface area contributed by atoms with E-state index in [-0.39, 0.29) is 23.6 Å². The molecule has 5 heteroatoms. The van der Waals surface area contributed by atoms with Crippen LogP contribution in [0.15, 0.2) is 18.2 Å². The van der Waals surface area contributed by atoms with E-state index in [9.17, 15) is 14.0 Å². The van der Waals surface area contributed by atoms with Crippen molar-refractivity contribution in [1.29, 1.82) is 0 Å². The van der Waals surface area contributed by atoms with E-state index in [1.165, 1.54) is 12.5 Å². The number of benzene rings is 1. The van der Waals surface area contributed by atoms with E-state index in [1.807, 2.05) is 11.0 Å². The van der Waals surface area contributed by atoms with Gasteiger partial charge in [-0.25, -0.2) is 4.39 Å². The van der Waals surface area contributed by atoms with E-state index < -0.39 is 0 Å². The minimum atomic E-state index is -0.244. The van der Waals surface area contributed by atoms with E-state index in [1.54, 1.807) is 13.0 Å². The van der Waals surface area contributed by atoms with Crippen molar-refractivity contribution in [3.63, 3.8) is 0 Å². The summed E-state index contributed by atoms with van der Waals surface area (Å²) in [6, 6.07) is 5.04. The molecule has 2 amide bonds. The van der Waals surface area contributed by atoms with Crippen molar-refractivity contribution in [1.82, 2.24) is 10.2 Å². The first-order valence-electron chi connectivity index (χ1n) is 9.86. The van der Waals surface area contributed by atoms with Crippen LogP contribution in [0.4, 0.5) is 4.39 Å². The molecular weight excluding hydrogens is 331 g/mol. The van der Waals surface area contributed by atoms with Gasteiger partial charge in [0.25, 0.3) is 0 Å². The van der Waals surface area contributed by atoms with Gasteiger partial charge in [0.15, 0.2) is 0 Å². The Balaban J connectivity index is 1.44. The number of hydrogen-bond donors (Lipinski definition) is 1. The van der Waals surface area contributed by atoms with Gasteiger partial charge in [-0.2, -0.15) is 0 Å². The molecule has 1 aliphatic heterocycles. The maximum Gasteiger partial charge on any atom is 0.225 e. The molecule has 1 N–H and O–H groups in total. The number of rotatable bonds is 4. The van der Waals surface area contributed by atoms with Gasteiger partial charge in [0.05, 0.1) is 0 Å². The van der Waals surface area contributed by atoms with Crippen molar-refractivity contribution in [3.05, 3.63) is 35.1 Å². The lowest BCUT2D eigenvalue weighted by atomic mass is 9.87. The number of hydrogen-bond acceptors (Lipinski definition) is 2. The van der Waals surface area contributed by atoms with Crippen molar-refractivity contribution in [2.24, 2.45) is 11.8 Å². The van der Waals surface area contributed by atoms with E-state index in [2.05, 4.69) is 5.32 Å².